The van der Waals surface area contributed by atoms with E-state index >= 15 is 0 Å². The molecule has 0 spiro atoms. The van der Waals surface area contributed by atoms with Gasteiger partial charge in [0.2, 0.25) is 6.10 Å². The molecule has 3 aromatic rings. The topological polar surface area (TPSA) is 133 Å². The Hall–Kier alpha value is -4.34. The maximum atomic E-state index is 12.4. The van der Waals surface area contributed by atoms with Crippen LogP contribution in [0.15, 0.2) is 53.6 Å². The van der Waals surface area contributed by atoms with Gasteiger partial charge in [-0.1, -0.05) is 24.3 Å². The number of hydrogen-bond donors (Lipinski definition) is 2. The summed E-state index contributed by atoms with van der Waals surface area (Å²) >= 11 is 0. The van der Waals surface area contributed by atoms with Crippen molar-refractivity contribution in [3.05, 3.63) is 64.2 Å². The zero-order chi connectivity index (χ0) is 22.0. The summed E-state index contributed by atoms with van der Waals surface area (Å²) in [6.45, 7) is -0.0113. The van der Waals surface area contributed by atoms with Crippen LogP contribution in [0.4, 0.5) is 5.69 Å². The number of methoxy groups -OCH3 is 1. The molecule has 0 radical (unpaired) electrons. The van der Waals surface area contributed by atoms with Crippen molar-refractivity contribution < 1.29 is 29.0 Å². The average molecular weight is 423 g/mol. The molecule has 1 unspecified atom stereocenters. The SMILES string of the molecule is COc1cc([N+](=O)[O-])cc(C=NNC(=O)C2COc3cc4ccccc4cc3O2)c1O. The van der Waals surface area contributed by atoms with Crippen LogP contribution in [0.5, 0.6) is 23.0 Å². The highest BCUT2D eigenvalue weighted by Crippen LogP contribution is 2.36. The number of amides is 1. The monoisotopic (exact) mass is 423 g/mol. The molecule has 0 aliphatic carbocycles. The lowest BCUT2D eigenvalue weighted by atomic mass is 10.1. The molecule has 31 heavy (non-hydrogen) atoms. The molecule has 4 rings (SSSR count). The van der Waals surface area contributed by atoms with E-state index in [1.807, 2.05) is 30.3 Å². The number of hydrogen-bond acceptors (Lipinski definition) is 8. The van der Waals surface area contributed by atoms with Gasteiger partial charge in [-0.3, -0.25) is 14.9 Å². The Morgan fingerprint density at radius 1 is 1.26 bits per heavy atom. The van der Waals surface area contributed by atoms with Crippen LogP contribution >= 0.6 is 0 Å². The first-order chi connectivity index (χ1) is 15.0. The standard InChI is InChI=1S/C21H17N3O7/c1-29-18-9-15(24(27)28)6-14(20(18)25)10-22-23-21(26)19-11-30-16-7-12-4-2-3-5-13(12)8-17(16)31-19/h2-10,19,25H,11H2,1H3,(H,23,26). The Kier molecular flexibility index (Phi) is 5.27. The van der Waals surface area contributed by atoms with Gasteiger partial charge >= 0.3 is 0 Å². The number of nitrogens with one attached hydrogen (secondary N) is 1. The molecule has 1 aliphatic rings. The molecule has 158 valence electrons. The van der Waals surface area contributed by atoms with Crippen LogP contribution in [0, 0.1) is 10.1 Å². The van der Waals surface area contributed by atoms with Crippen LogP contribution in [0.3, 0.4) is 0 Å². The summed E-state index contributed by atoms with van der Waals surface area (Å²) in [5, 5.41) is 26.8. The van der Waals surface area contributed by atoms with Crippen LogP contribution in [0.25, 0.3) is 10.8 Å². The van der Waals surface area contributed by atoms with Gasteiger partial charge in [0, 0.05) is 11.6 Å². The lowest BCUT2D eigenvalue weighted by molar-refractivity contribution is -0.385. The fourth-order valence-corrected chi connectivity index (χ4v) is 3.10. The number of nitro benzene ring substituents is 1. The molecular formula is C21H17N3O7. The van der Waals surface area contributed by atoms with Gasteiger partial charge in [0.15, 0.2) is 23.0 Å². The number of rotatable bonds is 5. The molecule has 10 nitrogen and oxygen atoms in total. The van der Waals surface area contributed by atoms with Gasteiger partial charge in [0.05, 0.1) is 24.3 Å². The number of phenolic OH excluding ortho intramolecular Hbond substituents is 1. The molecule has 3 aromatic carbocycles. The summed E-state index contributed by atoms with van der Waals surface area (Å²) in [6, 6.07) is 13.5. The van der Waals surface area contributed by atoms with Crippen LogP contribution in [-0.2, 0) is 4.79 Å². The number of carbonyl (C=O) groups excluding carboxylic acids is 1. The van der Waals surface area contributed by atoms with E-state index in [2.05, 4.69) is 10.5 Å². The van der Waals surface area contributed by atoms with Gasteiger partial charge in [0.25, 0.3) is 11.6 Å². The molecule has 0 saturated carbocycles. The molecule has 0 bridgehead atoms. The second kappa shape index (κ2) is 8.19. The predicted molar refractivity (Wildman–Crippen MR) is 111 cm³/mol. The molecule has 1 atom stereocenters. The summed E-state index contributed by atoms with van der Waals surface area (Å²) < 4.78 is 16.3. The quantitative estimate of drug-likeness (QED) is 0.366. The summed E-state index contributed by atoms with van der Waals surface area (Å²) in [5.74, 6) is -0.0269. The third-order valence-corrected chi connectivity index (χ3v) is 4.66. The van der Waals surface area contributed by atoms with E-state index in [1.54, 1.807) is 6.07 Å². The zero-order valence-electron chi connectivity index (χ0n) is 16.3. The van der Waals surface area contributed by atoms with E-state index in [-0.39, 0.29) is 29.4 Å². The van der Waals surface area contributed by atoms with Crippen molar-refractivity contribution in [2.45, 2.75) is 6.10 Å². The minimum Gasteiger partial charge on any atom is -0.504 e. The number of non-ortho nitro benzene ring substituents is 1. The molecule has 10 heteroatoms. The first kappa shape index (κ1) is 20.0. The number of aromatic hydroxyl groups is 1. The minimum absolute atomic E-state index is 0.00368. The van der Waals surface area contributed by atoms with Gasteiger partial charge in [-0.15, -0.1) is 0 Å². The fourth-order valence-electron chi connectivity index (χ4n) is 3.10. The number of hydrazone groups is 1. The maximum Gasteiger partial charge on any atom is 0.284 e. The highest BCUT2D eigenvalue weighted by molar-refractivity contribution is 5.89. The summed E-state index contributed by atoms with van der Waals surface area (Å²) in [4.78, 5) is 22.8. The number of ether oxygens (including phenoxy) is 3. The largest absolute Gasteiger partial charge is 0.504 e. The minimum atomic E-state index is -0.945. The van der Waals surface area contributed by atoms with E-state index in [0.29, 0.717) is 11.5 Å². The number of nitrogens with zero attached hydrogens (tertiary/aromatic N) is 2. The van der Waals surface area contributed by atoms with E-state index in [1.165, 1.54) is 7.11 Å². The van der Waals surface area contributed by atoms with E-state index in [0.717, 1.165) is 29.1 Å². The first-order valence-corrected chi connectivity index (χ1v) is 9.17. The Balaban J connectivity index is 1.47. The van der Waals surface area contributed by atoms with E-state index in [4.69, 9.17) is 14.2 Å². The van der Waals surface area contributed by atoms with Gasteiger partial charge in [-0.05, 0) is 22.9 Å². The van der Waals surface area contributed by atoms with Gasteiger partial charge in [0.1, 0.15) is 6.61 Å². The second-order valence-corrected chi connectivity index (χ2v) is 6.64. The lowest BCUT2D eigenvalue weighted by Gasteiger charge is -2.25. The van der Waals surface area contributed by atoms with Crippen LogP contribution in [-0.4, -0.2) is 42.0 Å². The van der Waals surface area contributed by atoms with Crippen LogP contribution in [0.1, 0.15) is 5.56 Å². The highest BCUT2D eigenvalue weighted by atomic mass is 16.6. The molecule has 1 amide bonds. The second-order valence-electron chi connectivity index (χ2n) is 6.64. The lowest BCUT2D eigenvalue weighted by Crippen LogP contribution is -2.42. The Labute approximate surface area is 175 Å². The number of fused-ring (bicyclic) bond motifs is 2. The number of nitro groups is 1. The Morgan fingerprint density at radius 2 is 1.97 bits per heavy atom. The fraction of sp³-hybridized carbons (Fsp3) is 0.143. The van der Waals surface area contributed by atoms with Gasteiger partial charge < -0.3 is 19.3 Å². The van der Waals surface area contributed by atoms with Crippen molar-refractivity contribution >= 4 is 28.6 Å². The number of benzene rings is 3. The predicted octanol–water partition coefficient (Wildman–Crippen LogP) is 2.75. The Morgan fingerprint density at radius 3 is 2.65 bits per heavy atom. The third kappa shape index (κ3) is 4.04. The normalized spacial score (nSPS) is 15.1. The molecular weight excluding hydrogens is 406 g/mol. The van der Waals surface area contributed by atoms with Crippen molar-refractivity contribution in [3.8, 4) is 23.0 Å². The summed E-state index contributed by atoms with van der Waals surface area (Å²) in [6.07, 6.45) is 0.132. The maximum absolute atomic E-state index is 12.4. The molecule has 2 N–H and O–H groups in total. The van der Waals surface area contributed by atoms with E-state index in [9.17, 15) is 20.0 Å². The van der Waals surface area contributed by atoms with Gasteiger partial charge in [-0.2, -0.15) is 5.10 Å². The molecule has 0 aromatic heterocycles. The molecule has 1 aliphatic heterocycles. The van der Waals surface area contributed by atoms with E-state index < -0.39 is 16.9 Å². The third-order valence-electron chi connectivity index (χ3n) is 4.66. The van der Waals surface area contributed by atoms with Crippen molar-refractivity contribution in [2.24, 2.45) is 5.10 Å². The number of carbonyl (C=O) groups is 1. The molecule has 0 saturated heterocycles. The van der Waals surface area contributed by atoms with Crippen molar-refractivity contribution in [2.75, 3.05) is 13.7 Å². The Bertz CT molecular complexity index is 1210. The molecule has 0 fully saturated rings. The zero-order valence-corrected chi connectivity index (χ0v) is 16.3. The summed E-state index contributed by atoms with van der Waals surface area (Å²) in [5.41, 5.74) is 1.99. The highest BCUT2D eigenvalue weighted by Gasteiger charge is 2.27. The number of phenols is 1. The molecule has 1 heterocycles. The van der Waals surface area contributed by atoms with Gasteiger partial charge in [-0.25, -0.2) is 5.43 Å². The van der Waals surface area contributed by atoms with Crippen molar-refractivity contribution in [1.29, 1.82) is 0 Å². The van der Waals surface area contributed by atoms with Crippen molar-refractivity contribution in [1.82, 2.24) is 5.43 Å². The summed E-state index contributed by atoms with van der Waals surface area (Å²) in [7, 11) is 1.27. The first-order valence-electron chi connectivity index (χ1n) is 9.17. The van der Waals surface area contributed by atoms with Crippen molar-refractivity contribution in [3.63, 3.8) is 0 Å². The van der Waals surface area contributed by atoms with Crippen LogP contribution in [0.2, 0.25) is 0 Å². The van der Waals surface area contributed by atoms with Crippen LogP contribution < -0.4 is 19.6 Å². The average Bonchev–Trinajstić information content (AvgIpc) is 2.78. The smallest absolute Gasteiger partial charge is 0.284 e.